The molecule has 1 aliphatic rings. The van der Waals surface area contributed by atoms with Crippen LogP contribution in [0.4, 0.5) is 4.39 Å². The molecule has 1 fully saturated rings. The third-order valence-electron chi connectivity index (χ3n) is 3.31. The monoisotopic (exact) mass is 238 g/mol. The van der Waals surface area contributed by atoms with Gasteiger partial charge in [0.2, 0.25) is 0 Å². The molecule has 0 bridgehead atoms. The zero-order valence-electron chi connectivity index (χ0n) is 10.2. The first kappa shape index (κ1) is 12.5. The van der Waals surface area contributed by atoms with Crippen molar-refractivity contribution in [2.75, 3.05) is 26.3 Å². The molecule has 1 unspecified atom stereocenters. The van der Waals surface area contributed by atoms with Gasteiger partial charge in [0.05, 0.1) is 13.2 Å². The fourth-order valence-corrected chi connectivity index (χ4v) is 2.14. The second kappa shape index (κ2) is 5.58. The van der Waals surface area contributed by atoms with Gasteiger partial charge < -0.3 is 10.5 Å². The van der Waals surface area contributed by atoms with Crippen LogP contribution >= 0.6 is 0 Å². The van der Waals surface area contributed by atoms with E-state index in [0.29, 0.717) is 13.2 Å². The van der Waals surface area contributed by atoms with Crippen LogP contribution in [0.2, 0.25) is 0 Å². The van der Waals surface area contributed by atoms with Crippen LogP contribution in [0.15, 0.2) is 18.2 Å². The van der Waals surface area contributed by atoms with Gasteiger partial charge in [0.1, 0.15) is 5.82 Å². The molecule has 0 amide bonds. The number of hydrogen-bond donors (Lipinski definition) is 1. The van der Waals surface area contributed by atoms with Gasteiger partial charge in [-0.05, 0) is 30.2 Å². The summed E-state index contributed by atoms with van der Waals surface area (Å²) >= 11 is 0. The average molecular weight is 238 g/mol. The summed E-state index contributed by atoms with van der Waals surface area (Å²) in [5.41, 5.74) is 7.87. The maximum absolute atomic E-state index is 13.2. The normalized spacial score (nSPS) is 21.7. The molecule has 1 aromatic rings. The molecule has 3 nitrogen and oxygen atoms in total. The lowest BCUT2D eigenvalue weighted by molar-refractivity contribution is -0.00803. The average Bonchev–Trinajstić information content (AvgIpc) is 2.34. The molecule has 1 aromatic carbocycles. The molecule has 2 rings (SSSR count). The van der Waals surface area contributed by atoms with Gasteiger partial charge in [-0.3, -0.25) is 4.90 Å². The number of halogens is 1. The Morgan fingerprint density at radius 1 is 1.53 bits per heavy atom. The minimum absolute atomic E-state index is 0.178. The molecule has 2 N–H and O–H groups in total. The van der Waals surface area contributed by atoms with Crippen LogP contribution in [-0.4, -0.2) is 37.2 Å². The van der Waals surface area contributed by atoms with E-state index in [4.69, 9.17) is 10.5 Å². The number of hydrogen-bond acceptors (Lipinski definition) is 3. The Hall–Kier alpha value is -0.970. The quantitative estimate of drug-likeness (QED) is 0.862. The lowest BCUT2D eigenvalue weighted by Gasteiger charge is -2.35. The van der Waals surface area contributed by atoms with Gasteiger partial charge in [-0.2, -0.15) is 0 Å². The molecule has 1 saturated heterocycles. The minimum Gasteiger partial charge on any atom is -0.378 e. The van der Waals surface area contributed by atoms with Crippen molar-refractivity contribution < 1.29 is 9.13 Å². The van der Waals surface area contributed by atoms with Crippen LogP contribution in [0.5, 0.6) is 0 Å². The molecule has 0 aliphatic carbocycles. The first-order valence-corrected chi connectivity index (χ1v) is 5.97. The van der Waals surface area contributed by atoms with Crippen LogP contribution in [0, 0.1) is 12.7 Å². The maximum Gasteiger partial charge on any atom is 0.123 e. The summed E-state index contributed by atoms with van der Waals surface area (Å²) < 4.78 is 18.6. The van der Waals surface area contributed by atoms with E-state index >= 15 is 0 Å². The van der Waals surface area contributed by atoms with Crippen molar-refractivity contribution in [1.82, 2.24) is 4.90 Å². The molecule has 0 saturated carbocycles. The van der Waals surface area contributed by atoms with Crippen molar-refractivity contribution in [2.24, 2.45) is 5.73 Å². The molecular weight excluding hydrogens is 219 g/mol. The Kier molecular flexibility index (Phi) is 4.10. The summed E-state index contributed by atoms with van der Waals surface area (Å²) in [6.45, 7) is 5.59. The van der Waals surface area contributed by atoms with E-state index < -0.39 is 0 Å². The van der Waals surface area contributed by atoms with Crippen LogP contribution in [0.1, 0.15) is 11.1 Å². The van der Waals surface area contributed by atoms with E-state index in [1.54, 1.807) is 6.07 Å². The lowest BCUT2D eigenvalue weighted by Crippen LogP contribution is -2.48. The number of morpholine rings is 1. The van der Waals surface area contributed by atoms with Gasteiger partial charge in [0.25, 0.3) is 0 Å². The third kappa shape index (κ3) is 3.03. The Morgan fingerprint density at radius 2 is 2.35 bits per heavy atom. The molecule has 4 heteroatoms. The van der Waals surface area contributed by atoms with E-state index in [0.717, 1.165) is 30.8 Å². The van der Waals surface area contributed by atoms with Crippen LogP contribution in [0.3, 0.4) is 0 Å². The van der Waals surface area contributed by atoms with E-state index in [1.165, 1.54) is 6.07 Å². The van der Waals surface area contributed by atoms with Crippen molar-refractivity contribution in [3.05, 3.63) is 35.1 Å². The predicted molar refractivity (Wildman–Crippen MR) is 65.2 cm³/mol. The van der Waals surface area contributed by atoms with Gasteiger partial charge >= 0.3 is 0 Å². The van der Waals surface area contributed by atoms with Gasteiger partial charge in [0, 0.05) is 25.7 Å². The van der Waals surface area contributed by atoms with E-state index in [-0.39, 0.29) is 11.9 Å². The number of benzene rings is 1. The Morgan fingerprint density at radius 3 is 3.12 bits per heavy atom. The molecule has 94 valence electrons. The molecule has 0 aromatic heterocycles. The smallest absolute Gasteiger partial charge is 0.123 e. The highest BCUT2D eigenvalue weighted by molar-refractivity contribution is 5.26. The highest BCUT2D eigenvalue weighted by Crippen LogP contribution is 2.16. The first-order chi connectivity index (χ1) is 8.20. The van der Waals surface area contributed by atoms with Crippen molar-refractivity contribution >= 4 is 0 Å². The molecule has 1 atom stereocenters. The fraction of sp³-hybridized carbons (Fsp3) is 0.538. The van der Waals surface area contributed by atoms with E-state index in [1.807, 2.05) is 13.0 Å². The van der Waals surface area contributed by atoms with Crippen LogP contribution < -0.4 is 5.73 Å². The molecule has 17 heavy (non-hydrogen) atoms. The minimum atomic E-state index is -0.178. The largest absolute Gasteiger partial charge is 0.378 e. The Labute approximate surface area is 101 Å². The number of ether oxygens (including phenoxy) is 1. The van der Waals surface area contributed by atoms with Gasteiger partial charge in [-0.25, -0.2) is 4.39 Å². The van der Waals surface area contributed by atoms with Gasteiger partial charge in [0.15, 0.2) is 0 Å². The molecule has 0 spiro atoms. The van der Waals surface area contributed by atoms with E-state index in [9.17, 15) is 4.39 Å². The number of aryl methyl sites for hydroxylation is 1. The van der Waals surface area contributed by atoms with Crippen molar-refractivity contribution in [3.8, 4) is 0 Å². The first-order valence-electron chi connectivity index (χ1n) is 5.97. The fourth-order valence-electron chi connectivity index (χ4n) is 2.14. The molecule has 1 heterocycles. The van der Waals surface area contributed by atoms with Crippen LogP contribution in [-0.2, 0) is 11.3 Å². The van der Waals surface area contributed by atoms with Crippen LogP contribution in [0.25, 0.3) is 0 Å². The standard InChI is InChI=1S/C13H19FN2O/c1-10-2-3-12(14)6-11(10)8-16-4-5-17-9-13(16)7-15/h2-3,6,13H,4-5,7-9,15H2,1H3. The molecular formula is C13H19FN2O. The third-order valence-corrected chi connectivity index (χ3v) is 3.31. The Bertz CT molecular complexity index is 384. The summed E-state index contributed by atoms with van der Waals surface area (Å²) in [5, 5.41) is 0. The zero-order chi connectivity index (χ0) is 12.3. The molecule has 0 radical (unpaired) electrons. The van der Waals surface area contributed by atoms with Crippen molar-refractivity contribution in [1.29, 1.82) is 0 Å². The highest BCUT2D eigenvalue weighted by Gasteiger charge is 2.22. The highest BCUT2D eigenvalue weighted by atomic mass is 19.1. The van der Waals surface area contributed by atoms with Gasteiger partial charge in [-0.1, -0.05) is 6.07 Å². The summed E-state index contributed by atoms with van der Waals surface area (Å²) in [6, 6.07) is 5.17. The SMILES string of the molecule is Cc1ccc(F)cc1CN1CCOCC1CN. The second-order valence-electron chi connectivity index (χ2n) is 4.51. The number of nitrogens with zero attached hydrogens (tertiary/aromatic N) is 1. The zero-order valence-corrected chi connectivity index (χ0v) is 10.2. The Balaban J connectivity index is 2.10. The topological polar surface area (TPSA) is 38.5 Å². The second-order valence-corrected chi connectivity index (χ2v) is 4.51. The van der Waals surface area contributed by atoms with Crippen molar-refractivity contribution in [3.63, 3.8) is 0 Å². The maximum atomic E-state index is 13.2. The predicted octanol–water partition coefficient (Wildman–Crippen LogP) is 1.29. The summed E-state index contributed by atoms with van der Waals surface area (Å²) in [7, 11) is 0. The summed E-state index contributed by atoms with van der Waals surface area (Å²) in [5.74, 6) is -0.178. The van der Waals surface area contributed by atoms with Gasteiger partial charge in [-0.15, -0.1) is 0 Å². The van der Waals surface area contributed by atoms with E-state index in [2.05, 4.69) is 4.90 Å². The number of nitrogens with two attached hydrogens (primary N) is 1. The lowest BCUT2D eigenvalue weighted by atomic mass is 10.1. The summed E-state index contributed by atoms with van der Waals surface area (Å²) in [4.78, 5) is 2.27. The summed E-state index contributed by atoms with van der Waals surface area (Å²) in [6.07, 6.45) is 0. The molecule has 1 aliphatic heterocycles. The van der Waals surface area contributed by atoms with Crippen molar-refractivity contribution in [2.45, 2.75) is 19.5 Å². The number of rotatable bonds is 3.